The number of benzene rings is 1. The lowest BCUT2D eigenvalue weighted by Gasteiger charge is -2.09. The number of nitrogens with one attached hydrogen (secondary N) is 2. The summed E-state index contributed by atoms with van der Waals surface area (Å²) in [4.78, 5) is 8.68. The summed E-state index contributed by atoms with van der Waals surface area (Å²) in [6.07, 6.45) is 8.86. The van der Waals surface area contributed by atoms with Gasteiger partial charge in [0, 0.05) is 30.7 Å². The second-order valence-corrected chi connectivity index (χ2v) is 5.88. The highest BCUT2D eigenvalue weighted by atomic mass is 79.9. The van der Waals surface area contributed by atoms with Gasteiger partial charge in [0.15, 0.2) is 0 Å². The molecule has 0 aliphatic rings. The lowest BCUT2D eigenvalue weighted by Crippen LogP contribution is -2.05. The number of rotatable bonds is 5. The lowest BCUT2D eigenvalue weighted by molar-refractivity contribution is 0.771. The van der Waals surface area contributed by atoms with Gasteiger partial charge in [-0.2, -0.15) is 10.1 Å². The molecule has 6 nitrogen and oxygen atoms in total. The van der Waals surface area contributed by atoms with Crippen LogP contribution in [-0.2, 0) is 7.05 Å². The zero-order valence-electron chi connectivity index (χ0n) is 13.0. The van der Waals surface area contributed by atoms with Crippen molar-refractivity contribution in [1.82, 2.24) is 19.7 Å². The van der Waals surface area contributed by atoms with Crippen molar-refractivity contribution in [2.75, 3.05) is 17.2 Å². The average Bonchev–Trinajstić information content (AvgIpc) is 3.02. The number of nitrogens with zero attached hydrogens (tertiary/aromatic N) is 4. The maximum absolute atomic E-state index is 5.27. The molecule has 0 aliphatic heterocycles. The molecule has 24 heavy (non-hydrogen) atoms. The van der Waals surface area contributed by atoms with Crippen LogP contribution in [0.25, 0.3) is 11.3 Å². The van der Waals surface area contributed by atoms with Crippen molar-refractivity contribution in [2.24, 2.45) is 7.05 Å². The van der Waals surface area contributed by atoms with Gasteiger partial charge in [-0.15, -0.1) is 6.42 Å². The van der Waals surface area contributed by atoms with Crippen molar-refractivity contribution >= 4 is 33.4 Å². The Hall–Kier alpha value is -2.85. The van der Waals surface area contributed by atoms with Gasteiger partial charge in [-0.3, -0.25) is 4.68 Å². The van der Waals surface area contributed by atoms with E-state index in [-0.39, 0.29) is 0 Å². The summed E-state index contributed by atoms with van der Waals surface area (Å²) in [7, 11) is 1.89. The Labute approximate surface area is 148 Å². The van der Waals surface area contributed by atoms with Gasteiger partial charge in [0.2, 0.25) is 5.95 Å². The molecule has 0 saturated heterocycles. The molecule has 0 radical (unpaired) electrons. The molecule has 0 aliphatic carbocycles. The largest absolute Gasteiger partial charge is 0.358 e. The minimum absolute atomic E-state index is 0.393. The van der Waals surface area contributed by atoms with Gasteiger partial charge < -0.3 is 10.6 Å². The van der Waals surface area contributed by atoms with Crippen molar-refractivity contribution < 1.29 is 0 Å². The maximum Gasteiger partial charge on any atom is 0.229 e. The number of halogens is 1. The Kier molecular flexibility index (Phi) is 4.77. The zero-order valence-corrected chi connectivity index (χ0v) is 14.6. The van der Waals surface area contributed by atoms with E-state index in [1.807, 2.05) is 43.6 Å². The van der Waals surface area contributed by atoms with Gasteiger partial charge in [0.1, 0.15) is 5.82 Å². The van der Waals surface area contributed by atoms with Crippen LogP contribution >= 0.6 is 15.9 Å². The first-order valence-corrected chi connectivity index (χ1v) is 8.02. The molecule has 0 unspecified atom stereocenters. The Morgan fingerprint density at radius 2 is 2.21 bits per heavy atom. The Morgan fingerprint density at radius 1 is 1.33 bits per heavy atom. The van der Waals surface area contributed by atoms with E-state index in [0.717, 1.165) is 21.4 Å². The predicted molar refractivity (Wildman–Crippen MR) is 99.0 cm³/mol. The van der Waals surface area contributed by atoms with Crippen molar-refractivity contribution in [1.29, 1.82) is 0 Å². The third-order valence-corrected chi connectivity index (χ3v) is 3.81. The molecule has 0 saturated carbocycles. The molecule has 0 atom stereocenters. The molecule has 0 fully saturated rings. The summed E-state index contributed by atoms with van der Waals surface area (Å²) < 4.78 is 2.53. The highest BCUT2D eigenvalue weighted by molar-refractivity contribution is 9.10. The van der Waals surface area contributed by atoms with E-state index in [2.05, 4.69) is 47.6 Å². The molecule has 3 aromatic rings. The summed E-state index contributed by atoms with van der Waals surface area (Å²) in [6, 6.07) is 9.89. The van der Waals surface area contributed by atoms with Gasteiger partial charge in [-0.25, -0.2) is 4.98 Å². The molecule has 2 heterocycles. The van der Waals surface area contributed by atoms with E-state index >= 15 is 0 Å². The Morgan fingerprint density at radius 3 is 2.96 bits per heavy atom. The van der Waals surface area contributed by atoms with E-state index in [0.29, 0.717) is 18.3 Å². The minimum Gasteiger partial charge on any atom is -0.358 e. The van der Waals surface area contributed by atoms with Gasteiger partial charge >= 0.3 is 0 Å². The first-order chi connectivity index (χ1) is 11.7. The number of aromatic nitrogens is 4. The summed E-state index contributed by atoms with van der Waals surface area (Å²) in [5.41, 5.74) is 2.81. The molecule has 0 bridgehead atoms. The number of hydrogen-bond acceptors (Lipinski definition) is 5. The second kappa shape index (κ2) is 7.15. The fourth-order valence-electron chi connectivity index (χ4n) is 2.14. The second-order valence-electron chi connectivity index (χ2n) is 5.03. The van der Waals surface area contributed by atoms with Crippen molar-refractivity contribution in [3.63, 3.8) is 0 Å². The van der Waals surface area contributed by atoms with E-state index in [1.165, 1.54) is 0 Å². The fourth-order valence-corrected chi connectivity index (χ4v) is 2.47. The molecule has 2 aromatic heterocycles. The third kappa shape index (κ3) is 3.73. The predicted octanol–water partition coefficient (Wildman–Crippen LogP) is 3.43. The first kappa shape index (κ1) is 16.0. The minimum atomic E-state index is 0.393. The van der Waals surface area contributed by atoms with Crippen LogP contribution in [0.2, 0.25) is 0 Å². The highest BCUT2D eigenvalue weighted by Crippen LogP contribution is 2.24. The van der Waals surface area contributed by atoms with Gasteiger partial charge in [0.25, 0.3) is 0 Å². The van der Waals surface area contributed by atoms with E-state index in [9.17, 15) is 0 Å². The molecular weight excluding hydrogens is 368 g/mol. The van der Waals surface area contributed by atoms with E-state index in [4.69, 9.17) is 6.42 Å². The number of anilines is 3. The van der Waals surface area contributed by atoms with E-state index < -0.39 is 0 Å². The number of terminal acetylenes is 1. The van der Waals surface area contributed by atoms with Crippen LogP contribution in [0.4, 0.5) is 17.5 Å². The number of hydrogen-bond donors (Lipinski definition) is 2. The van der Waals surface area contributed by atoms with Crippen LogP contribution < -0.4 is 10.6 Å². The topological polar surface area (TPSA) is 67.7 Å². The quantitative estimate of drug-likeness (QED) is 0.661. The number of aryl methyl sites for hydroxylation is 1. The van der Waals surface area contributed by atoms with Crippen LogP contribution in [0, 0.1) is 12.3 Å². The molecule has 0 spiro atoms. The molecule has 7 heteroatoms. The van der Waals surface area contributed by atoms with Crippen molar-refractivity contribution in [3.8, 4) is 23.6 Å². The van der Waals surface area contributed by atoms with Gasteiger partial charge in [0.05, 0.1) is 16.7 Å². The van der Waals surface area contributed by atoms with Crippen molar-refractivity contribution in [3.05, 3.63) is 47.2 Å². The standard InChI is InChI=1S/C17H15BrN6/c1-3-8-19-16-14(18)11-20-17(22-16)21-13-6-4-5-12(10-13)15-7-9-24(2)23-15/h1,4-7,9-11H,8H2,2H3,(H2,19,20,21,22). The molecule has 0 amide bonds. The van der Waals surface area contributed by atoms with Crippen molar-refractivity contribution in [2.45, 2.75) is 0 Å². The van der Waals surface area contributed by atoms with Crippen LogP contribution in [0.15, 0.2) is 47.2 Å². The summed E-state index contributed by atoms with van der Waals surface area (Å²) in [6.45, 7) is 0.393. The average molecular weight is 383 g/mol. The first-order valence-electron chi connectivity index (χ1n) is 7.22. The molecule has 2 N–H and O–H groups in total. The molecule has 120 valence electrons. The van der Waals surface area contributed by atoms with Gasteiger partial charge in [-0.05, 0) is 34.1 Å². The third-order valence-electron chi connectivity index (χ3n) is 3.23. The van der Waals surface area contributed by atoms with Gasteiger partial charge in [-0.1, -0.05) is 18.1 Å². The fraction of sp³-hybridized carbons (Fsp3) is 0.118. The smallest absolute Gasteiger partial charge is 0.229 e. The summed E-state index contributed by atoms with van der Waals surface area (Å²) >= 11 is 3.40. The van der Waals surface area contributed by atoms with Crippen LogP contribution in [-0.4, -0.2) is 26.3 Å². The monoisotopic (exact) mass is 382 g/mol. The SMILES string of the molecule is C#CCNc1nc(Nc2cccc(-c3ccn(C)n3)c2)ncc1Br. The maximum atomic E-state index is 5.27. The van der Waals surface area contributed by atoms with Crippen LogP contribution in [0.1, 0.15) is 0 Å². The normalized spacial score (nSPS) is 10.2. The summed E-state index contributed by atoms with van der Waals surface area (Å²) in [5.74, 6) is 3.65. The van der Waals surface area contributed by atoms with Crippen LogP contribution in [0.3, 0.4) is 0 Å². The molecule has 1 aromatic carbocycles. The zero-order chi connectivity index (χ0) is 16.9. The van der Waals surface area contributed by atoms with E-state index in [1.54, 1.807) is 10.9 Å². The molecule has 3 rings (SSSR count). The lowest BCUT2D eigenvalue weighted by atomic mass is 10.1. The van der Waals surface area contributed by atoms with Crippen LogP contribution in [0.5, 0.6) is 0 Å². The highest BCUT2D eigenvalue weighted by Gasteiger charge is 2.06. The Bertz CT molecular complexity index is 896. The molecular formula is C17H15BrN6. The Balaban J connectivity index is 1.82. The summed E-state index contributed by atoms with van der Waals surface area (Å²) in [5, 5.41) is 10.6.